The number of carboxylic acid groups (broad SMARTS) is 1. The van der Waals surface area contributed by atoms with Gasteiger partial charge in [-0.25, -0.2) is 13.2 Å². The summed E-state index contributed by atoms with van der Waals surface area (Å²) in [5, 5.41) is 19.3. The van der Waals surface area contributed by atoms with Gasteiger partial charge in [0.15, 0.2) is 15.7 Å². The number of pyridine rings is 1. The molecule has 0 bridgehead atoms. The molecule has 1 aliphatic rings. The number of piperazine rings is 1. The maximum absolute atomic E-state index is 13.3. The SMILES string of the molecule is C=CC(N1CCN(C)CC1)S(=O)(=O)c1ccc(-c2c(O)[nH]c3ccc(C(=O)O)cc23)nc1. The first-order valence-corrected chi connectivity index (χ1v) is 11.6. The second-order valence-electron chi connectivity index (χ2n) is 7.80. The topological polar surface area (TPSA) is 127 Å². The average molecular weight is 457 g/mol. The third-order valence-electron chi connectivity index (χ3n) is 5.76. The van der Waals surface area contributed by atoms with Crippen LogP contribution < -0.4 is 0 Å². The summed E-state index contributed by atoms with van der Waals surface area (Å²) in [7, 11) is -1.75. The molecule has 32 heavy (non-hydrogen) atoms. The molecule has 1 aromatic carbocycles. The Morgan fingerprint density at radius 2 is 1.94 bits per heavy atom. The summed E-state index contributed by atoms with van der Waals surface area (Å²) in [6.07, 6.45) is 2.70. The van der Waals surface area contributed by atoms with E-state index in [1.165, 1.54) is 36.5 Å². The molecule has 168 valence electrons. The third-order valence-corrected chi connectivity index (χ3v) is 7.79. The van der Waals surface area contributed by atoms with Crippen LogP contribution in [0.5, 0.6) is 5.88 Å². The minimum atomic E-state index is -3.75. The number of aromatic nitrogens is 2. The van der Waals surface area contributed by atoms with Crippen LogP contribution in [0.4, 0.5) is 0 Å². The molecular weight excluding hydrogens is 432 g/mol. The van der Waals surface area contributed by atoms with E-state index in [2.05, 4.69) is 21.4 Å². The normalized spacial score (nSPS) is 16.8. The summed E-state index contributed by atoms with van der Waals surface area (Å²) >= 11 is 0. The number of carbonyl (C=O) groups is 1. The lowest BCUT2D eigenvalue weighted by Gasteiger charge is -2.36. The van der Waals surface area contributed by atoms with Gasteiger partial charge < -0.3 is 20.1 Å². The molecular formula is C22H24N4O5S. The minimum Gasteiger partial charge on any atom is -0.494 e. The molecule has 0 saturated carbocycles. The van der Waals surface area contributed by atoms with Crippen LogP contribution in [-0.4, -0.2) is 83.0 Å². The fourth-order valence-electron chi connectivity index (χ4n) is 3.95. The number of carboxylic acids is 1. The molecule has 0 radical (unpaired) electrons. The quantitative estimate of drug-likeness (QED) is 0.482. The number of hydrogen-bond acceptors (Lipinski definition) is 7. The average Bonchev–Trinajstić information content (AvgIpc) is 3.10. The van der Waals surface area contributed by atoms with Gasteiger partial charge >= 0.3 is 5.97 Å². The Bertz CT molecular complexity index is 1280. The molecule has 3 N–H and O–H groups in total. The highest BCUT2D eigenvalue weighted by Gasteiger charge is 2.32. The van der Waals surface area contributed by atoms with Crippen LogP contribution in [0.2, 0.25) is 0 Å². The van der Waals surface area contributed by atoms with Crippen LogP contribution in [0.1, 0.15) is 10.4 Å². The van der Waals surface area contributed by atoms with E-state index in [1.807, 2.05) is 11.9 Å². The second kappa shape index (κ2) is 8.38. The van der Waals surface area contributed by atoms with Gasteiger partial charge in [-0.3, -0.25) is 9.88 Å². The monoisotopic (exact) mass is 456 g/mol. The van der Waals surface area contributed by atoms with Crippen molar-refractivity contribution in [2.24, 2.45) is 0 Å². The largest absolute Gasteiger partial charge is 0.494 e. The molecule has 1 atom stereocenters. The Labute approximate surface area is 185 Å². The molecule has 3 aromatic rings. The molecule has 9 nitrogen and oxygen atoms in total. The summed E-state index contributed by atoms with van der Waals surface area (Å²) in [6, 6.07) is 7.39. The van der Waals surface area contributed by atoms with Gasteiger partial charge in [0, 0.05) is 43.3 Å². The Kier molecular flexibility index (Phi) is 5.76. The Balaban J connectivity index is 1.69. The highest BCUT2D eigenvalue weighted by atomic mass is 32.2. The molecule has 1 saturated heterocycles. The number of fused-ring (bicyclic) bond motifs is 1. The van der Waals surface area contributed by atoms with Crippen LogP contribution >= 0.6 is 0 Å². The van der Waals surface area contributed by atoms with Gasteiger partial charge in [0.05, 0.1) is 21.7 Å². The molecule has 3 heterocycles. The summed E-state index contributed by atoms with van der Waals surface area (Å²) in [5.41, 5.74) is 1.25. The number of rotatable bonds is 6. The first kappa shape index (κ1) is 22.0. The second-order valence-corrected chi connectivity index (χ2v) is 9.85. The van der Waals surface area contributed by atoms with Gasteiger partial charge in [-0.1, -0.05) is 6.08 Å². The van der Waals surface area contributed by atoms with Gasteiger partial charge in [0.1, 0.15) is 5.37 Å². The van der Waals surface area contributed by atoms with Gasteiger partial charge in [-0.15, -0.1) is 6.58 Å². The summed E-state index contributed by atoms with van der Waals surface area (Å²) in [4.78, 5) is 22.5. The van der Waals surface area contributed by atoms with Gasteiger partial charge in [0.25, 0.3) is 0 Å². The highest BCUT2D eigenvalue weighted by molar-refractivity contribution is 7.92. The molecule has 0 spiro atoms. The molecule has 2 aromatic heterocycles. The Hall–Kier alpha value is -3.21. The Morgan fingerprint density at radius 3 is 2.53 bits per heavy atom. The fourth-order valence-corrected chi connectivity index (χ4v) is 5.55. The van der Waals surface area contributed by atoms with Crippen molar-refractivity contribution in [2.75, 3.05) is 33.2 Å². The first-order valence-electron chi connectivity index (χ1n) is 10.1. The van der Waals surface area contributed by atoms with Crippen molar-refractivity contribution in [3.8, 4) is 17.1 Å². The lowest BCUT2D eigenvalue weighted by molar-refractivity contribution is 0.0697. The van der Waals surface area contributed by atoms with Crippen molar-refractivity contribution in [1.29, 1.82) is 0 Å². The van der Waals surface area contributed by atoms with Gasteiger partial charge in [0.2, 0.25) is 0 Å². The fraction of sp³-hybridized carbons (Fsp3) is 0.273. The summed E-state index contributed by atoms with van der Waals surface area (Å²) in [6.45, 7) is 6.52. The number of H-pyrrole nitrogens is 1. The van der Waals surface area contributed by atoms with E-state index >= 15 is 0 Å². The van der Waals surface area contributed by atoms with E-state index in [-0.39, 0.29) is 16.3 Å². The van der Waals surface area contributed by atoms with Crippen molar-refractivity contribution < 1.29 is 23.4 Å². The standard InChI is InChI=1S/C22H24N4O5S/c1-3-19(26-10-8-25(2)9-11-26)32(30,31)15-5-7-18(23-13-15)20-16-12-14(22(28)29)4-6-17(16)24-21(20)27/h3-7,12-13,19,24,27H,1,8-11H2,2H3,(H,28,29). The van der Waals surface area contributed by atoms with Crippen molar-refractivity contribution in [3.05, 3.63) is 54.7 Å². The molecule has 0 amide bonds. The van der Waals surface area contributed by atoms with Gasteiger partial charge in [-0.05, 0) is 37.4 Å². The van der Waals surface area contributed by atoms with Crippen molar-refractivity contribution >= 4 is 26.7 Å². The minimum absolute atomic E-state index is 0.0515. The van der Waals surface area contributed by atoms with Gasteiger partial charge in [-0.2, -0.15) is 0 Å². The van der Waals surface area contributed by atoms with E-state index in [0.717, 1.165) is 13.1 Å². The molecule has 1 aliphatic heterocycles. The van der Waals surface area contributed by atoms with Crippen LogP contribution in [0.3, 0.4) is 0 Å². The van der Waals surface area contributed by atoms with Crippen molar-refractivity contribution in [3.63, 3.8) is 0 Å². The Morgan fingerprint density at radius 1 is 1.22 bits per heavy atom. The maximum Gasteiger partial charge on any atom is 0.335 e. The van der Waals surface area contributed by atoms with Crippen molar-refractivity contribution in [2.45, 2.75) is 10.3 Å². The number of aromatic carboxylic acids is 1. The number of nitrogens with zero attached hydrogens (tertiary/aromatic N) is 3. The summed E-state index contributed by atoms with van der Waals surface area (Å²) < 4.78 is 26.5. The number of hydrogen-bond donors (Lipinski definition) is 3. The predicted molar refractivity (Wildman–Crippen MR) is 120 cm³/mol. The molecule has 1 fully saturated rings. The lowest BCUT2D eigenvalue weighted by Crippen LogP contribution is -2.50. The highest BCUT2D eigenvalue weighted by Crippen LogP contribution is 2.36. The molecule has 4 rings (SSSR count). The van der Waals surface area contributed by atoms with E-state index in [4.69, 9.17) is 0 Å². The lowest BCUT2D eigenvalue weighted by atomic mass is 10.1. The number of sulfone groups is 1. The van der Waals surface area contributed by atoms with Crippen LogP contribution in [-0.2, 0) is 9.84 Å². The summed E-state index contributed by atoms with van der Waals surface area (Å²) in [5.74, 6) is -1.26. The number of aromatic hydroxyl groups is 1. The number of likely N-dealkylation sites (N-methyl/N-ethyl adjacent to an activating group) is 1. The van der Waals surface area contributed by atoms with E-state index in [0.29, 0.717) is 35.2 Å². The van der Waals surface area contributed by atoms with Crippen LogP contribution in [0.25, 0.3) is 22.2 Å². The van der Waals surface area contributed by atoms with Crippen molar-refractivity contribution in [1.82, 2.24) is 19.8 Å². The maximum atomic E-state index is 13.3. The van der Waals surface area contributed by atoms with E-state index < -0.39 is 21.2 Å². The van der Waals surface area contributed by atoms with Crippen LogP contribution in [0, 0.1) is 0 Å². The zero-order valence-electron chi connectivity index (χ0n) is 17.5. The smallest absolute Gasteiger partial charge is 0.335 e. The molecule has 10 heteroatoms. The molecule has 1 unspecified atom stereocenters. The van der Waals surface area contributed by atoms with E-state index in [9.17, 15) is 23.4 Å². The predicted octanol–water partition coefficient (Wildman–Crippen LogP) is 2.17. The zero-order valence-corrected chi connectivity index (χ0v) is 18.3. The molecule has 0 aliphatic carbocycles. The third kappa shape index (κ3) is 3.88. The first-order chi connectivity index (χ1) is 15.2. The van der Waals surface area contributed by atoms with Crippen LogP contribution in [0.15, 0.2) is 54.1 Å². The van der Waals surface area contributed by atoms with E-state index in [1.54, 1.807) is 6.07 Å². The number of aromatic amines is 1. The zero-order chi connectivity index (χ0) is 23.0. The number of nitrogens with one attached hydrogen (secondary N) is 1. The number of benzene rings is 1.